The molecule has 0 heterocycles. The van der Waals surface area contributed by atoms with Gasteiger partial charge >= 0.3 is 6.18 Å². The van der Waals surface area contributed by atoms with E-state index in [0.29, 0.717) is 12.0 Å². The summed E-state index contributed by atoms with van der Waals surface area (Å²) < 4.78 is 38.3. The fourth-order valence-electron chi connectivity index (χ4n) is 2.24. The van der Waals surface area contributed by atoms with Crippen molar-refractivity contribution in [1.29, 1.82) is 0 Å². The van der Waals surface area contributed by atoms with Crippen LogP contribution in [-0.2, 0) is 12.6 Å². The molecule has 1 atom stereocenters. The molecule has 0 saturated heterocycles. The van der Waals surface area contributed by atoms with Crippen LogP contribution in [0.4, 0.5) is 13.2 Å². The third kappa shape index (κ3) is 4.10. The Morgan fingerprint density at radius 2 is 1.76 bits per heavy atom. The predicted molar refractivity (Wildman–Crippen MR) is 82.7 cm³/mol. The first-order valence-electron chi connectivity index (χ1n) is 6.65. The largest absolute Gasteiger partial charge is 0.416 e. The van der Waals surface area contributed by atoms with Crippen LogP contribution in [0.15, 0.2) is 42.5 Å². The number of rotatable bonds is 3. The predicted octanol–water partition coefficient (Wildman–Crippen LogP) is 6.00. The van der Waals surface area contributed by atoms with Crippen LogP contribution in [0.2, 0.25) is 0 Å². The van der Waals surface area contributed by atoms with Crippen molar-refractivity contribution in [2.75, 3.05) is 0 Å². The van der Waals surface area contributed by atoms with Gasteiger partial charge in [0.05, 0.1) is 5.56 Å². The molecule has 0 saturated carbocycles. The summed E-state index contributed by atoms with van der Waals surface area (Å²) in [6.45, 7) is 4.02. The van der Waals surface area contributed by atoms with Crippen LogP contribution in [0.5, 0.6) is 0 Å². The maximum atomic E-state index is 12.8. The molecule has 0 radical (unpaired) electrons. The average Bonchev–Trinajstić information content (AvgIpc) is 2.42. The molecule has 0 nitrogen and oxygen atoms in total. The molecule has 0 N–H and O–H groups in total. The van der Waals surface area contributed by atoms with E-state index in [4.69, 9.17) is 0 Å². The molecule has 1 unspecified atom stereocenters. The number of aryl methyl sites for hydroxylation is 2. The van der Waals surface area contributed by atoms with E-state index in [9.17, 15) is 13.2 Å². The Morgan fingerprint density at radius 3 is 2.43 bits per heavy atom. The minimum Gasteiger partial charge on any atom is -0.166 e. The Morgan fingerprint density at radius 1 is 1.05 bits per heavy atom. The lowest BCUT2D eigenvalue weighted by Crippen LogP contribution is -2.06. The van der Waals surface area contributed by atoms with Gasteiger partial charge in [0.2, 0.25) is 0 Å². The van der Waals surface area contributed by atoms with Gasteiger partial charge in [-0.05, 0) is 43.0 Å². The maximum absolute atomic E-state index is 12.8. The third-order valence-corrected chi connectivity index (χ3v) is 4.33. The summed E-state index contributed by atoms with van der Waals surface area (Å²) >= 11 is 3.51. The van der Waals surface area contributed by atoms with Crippen LogP contribution in [0.3, 0.4) is 0 Å². The second-order valence-corrected chi connectivity index (χ2v) is 6.33. The van der Waals surface area contributed by atoms with Crippen molar-refractivity contribution in [2.24, 2.45) is 0 Å². The normalized spacial score (nSPS) is 13.2. The summed E-state index contributed by atoms with van der Waals surface area (Å²) in [5, 5.41) is 0. The molecule has 0 fully saturated rings. The van der Waals surface area contributed by atoms with Crippen molar-refractivity contribution in [3.05, 3.63) is 70.3 Å². The lowest BCUT2D eigenvalue weighted by Gasteiger charge is -2.15. The smallest absolute Gasteiger partial charge is 0.166 e. The molecule has 0 amide bonds. The Hall–Kier alpha value is -1.29. The van der Waals surface area contributed by atoms with Gasteiger partial charge in [0, 0.05) is 4.83 Å². The Kier molecular flexibility index (Phi) is 4.77. The molecular formula is C17H16BrF3. The van der Waals surface area contributed by atoms with Gasteiger partial charge in [0.1, 0.15) is 0 Å². The summed E-state index contributed by atoms with van der Waals surface area (Å²) in [5.74, 6) is 0. The first-order chi connectivity index (χ1) is 9.77. The van der Waals surface area contributed by atoms with Crippen molar-refractivity contribution in [1.82, 2.24) is 0 Å². The van der Waals surface area contributed by atoms with Crippen molar-refractivity contribution in [2.45, 2.75) is 31.3 Å². The SMILES string of the molecule is Cc1ccc(C)c(CC(Br)c2cccc(C(F)(F)F)c2)c1. The summed E-state index contributed by atoms with van der Waals surface area (Å²) in [7, 11) is 0. The first kappa shape index (κ1) is 16.1. The summed E-state index contributed by atoms with van der Waals surface area (Å²) in [6, 6.07) is 11.6. The second kappa shape index (κ2) is 6.22. The van der Waals surface area contributed by atoms with Crippen LogP contribution < -0.4 is 0 Å². The van der Waals surface area contributed by atoms with E-state index >= 15 is 0 Å². The number of benzene rings is 2. The molecule has 0 aliphatic heterocycles. The van der Waals surface area contributed by atoms with E-state index in [-0.39, 0.29) is 4.83 Å². The molecular weight excluding hydrogens is 341 g/mol. The Labute approximate surface area is 131 Å². The number of alkyl halides is 4. The summed E-state index contributed by atoms with van der Waals surface area (Å²) in [5.41, 5.74) is 3.49. The number of hydrogen-bond acceptors (Lipinski definition) is 0. The summed E-state index contributed by atoms with van der Waals surface area (Å²) in [4.78, 5) is -0.139. The number of hydrogen-bond donors (Lipinski definition) is 0. The van der Waals surface area contributed by atoms with Crippen LogP contribution in [0, 0.1) is 13.8 Å². The molecule has 112 valence electrons. The molecule has 2 aromatic carbocycles. The molecule has 2 rings (SSSR count). The highest BCUT2D eigenvalue weighted by molar-refractivity contribution is 9.09. The Balaban J connectivity index is 2.24. The molecule has 0 spiro atoms. The maximum Gasteiger partial charge on any atom is 0.416 e. The molecule has 21 heavy (non-hydrogen) atoms. The first-order valence-corrected chi connectivity index (χ1v) is 7.56. The molecule has 0 aliphatic rings. The lowest BCUT2D eigenvalue weighted by molar-refractivity contribution is -0.137. The molecule has 2 aromatic rings. The van der Waals surface area contributed by atoms with E-state index in [0.717, 1.165) is 22.8 Å². The van der Waals surface area contributed by atoms with Gasteiger partial charge in [-0.1, -0.05) is 57.9 Å². The highest BCUT2D eigenvalue weighted by Gasteiger charge is 2.30. The van der Waals surface area contributed by atoms with Gasteiger partial charge in [0.25, 0.3) is 0 Å². The third-order valence-electron chi connectivity index (χ3n) is 3.48. The minimum atomic E-state index is -4.30. The van der Waals surface area contributed by atoms with E-state index in [1.807, 2.05) is 26.0 Å². The minimum absolute atomic E-state index is 0.139. The zero-order valence-electron chi connectivity index (χ0n) is 11.8. The summed E-state index contributed by atoms with van der Waals surface area (Å²) in [6.07, 6.45) is -3.64. The van der Waals surface area contributed by atoms with E-state index in [2.05, 4.69) is 22.0 Å². The van der Waals surface area contributed by atoms with Crippen LogP contribution in [-0.4, -0.2) is 0 Å². The van der Waals surface area contributed by atoms with Gasteiger partial charge in [0.15, 0.2) is 0 Å². The van der Waals surface area contributed by atoms with Crippen molar-refractivity contribution >= 4 is 15.9 Å². The monoisotopic (exact) mass is 356 g/mol. The van der Waals surface area contributed by atoms with E-state index < -0.39 is 11.7 Å². The topological polar surface area (TPSA) is 0 Å². The fourth-order valence-corrected chi connectivity index (χ4v) is 2.87. The average molecular weight is 357 g/mol. The van der Waals surface area contributed by atoms with E-state index in [1.54, 1.807) is 6.07 Å². The van der Waals surface area contributed by atoms with Gasteiger partial charge in [-0.15, -0.1) is 0 Å². The van der Waals surface area contributed by atoms with Gasteiger partial charge < -0.3 is 0 Å². The molecule has 4 heteroatoms. The lowest BCUT2D eigenvalue weighted by atomic mass is 9.98. The zero-order chi connectivity index (χ0) is 15.6. The highest BCUT2D eigenvalue weighted by atomic mass is 79.9. The zero-order valence-corrected chi connectivity index (χ0v) is 13.4. The van der Waals surface area contributed by atoms with E-state index in [1.165, 1.54) is 12.1 Å². The fraction of sp³-hybridized carbons (Fsp3) is 0.294. The van der Waals surface area contributed by atoms with Crippen molar-refractivity contribution < 1.29 is 13.2 Å². The van der Waals surface area contributed by atoms with Crippen LogP contribution >= 0.6 is 15.9 Å². The van der Waals surface area contributed by atoms with Crippen LogP contribution in [0.1, 0.15) is 32.6 Å². The Bertz CT molecular complexity index is 632. The van der Waals surface area contributed by atoms with Gasteiger partial charge in [-0.2, -0.15) is 13.2 Å². The molecule has 0 aliphatic carbocycles. The second-order valence-electron chi connectivity index (χ2n) is 5.22. The van der Waals surface area contributed by atoms with Crippen molar-refractivity contribution in [3.63, 3.8) is 0 Å². The van der Waals surface area contributed by atoms with Gasteiger partial charge in [-0.3, -0.25) is 0 Å². The molecule has 0 bridgehead atoms. The standard InChI is InChI=1S/C17H16BrF3/c1-11-6-7-12(2)14(8-11)10-16(18)13-4-3-5-15(9-13)17(19,20)21/h3-9,16H,10H2,1-2H3. The van der Waals surface area contributed by atoms with Gasteiger partial charge in [-0.25, -0.2) is 0 Å². The van der Waals surface area contributed by atoms with Crippen LogP contribution in [0.25, 0.3) is 0 Å². The quantitative estimate of drug-likeness (QED) is 0.591. The molecule has 0 aromatic heterocycles. The number of halogens is 4. The highest BCUT2D eigenvalue weighted by Crippen LogP contribution is 2.34. The van der Waals surface area contributed by atoms with Crippen molar-refractivity contribution in [3.8, 4) is 0 Å².